The van der Waals surface area contributed by atoms with Gasteiger partial charge >= 0.3 is 0 Å². The van der Waals surface area contributed by atoms with Gasteiger partial charge in [-0.3, -0.25) is 14.0 Å². The maximum absolute atomic E-state index is 11.4. The highest BCUT2D eigenvalue weighted by Crippen LogP contribution is 2.20. The largest absolute Gasteiger partial charge is 0.370 e. The Labute approximate surface area is 126 Å². The minimum atomic E-state index is -0.979. The molecule has 0 saturated heterocycles. The summed E-state index contributed by atoms with van der Waals surface area (Å²) in [4.78, 5) is 18.1. The van der Waals surface area contributed by atoms with Gasteiger partial charge in [0.2, 0.25) is 0 Å². The van der Waals surface area contributed by atoms with Gasteiger partial charge in [0, 0.05) is 47.9 Å². The van der Waals surface area contributed by atoms with Crippen LogP contribution >= 0.6 is 0 Å². The lowest BCUT2D eigenvalue weighted by atomic mass is 10.1. The third-order valence-corrected chi connectivity index (χ3v) is 4.09. The van der Waals surface area contributed by atoms with Gasteiger partial charge in [-0.25, -0.2) is 0 Å². The molecule has 1 aromatic carbocycles. The van der Waals surface area contributed by atoms with Crippen molar-refractivity contribution < 1.29 is 9.00 Å². The van der Waals surface area contributed by atoms with Gasteiger partial charge in [-0.15, -0.1) is 0 Å². The molecule has 2 aromatic rings. The van der Waals surface area contributed by atoms with E-state index in [9.17, 15) is 9.00 Å². The van der Waals surface area contributed by atoms with E-state index in [4.69, 9.17) is 5.73 Å². The topological polar surface area (TPSA) is 76.3 Å². The number of nitrogens with zero attached hydrogens (tertiary/aromatic N) is 2. The predicted molar refractivity (Wildman–Crippen MR) is 83.6 cm³/mol. The molecule has 0 bridgehead atoms. The number of anilines is 1. The van der Waals surface area contributed by atoms with E-state index >= 15 is 0 Å². The number of pyridine rings is 1. The number of aromatic nitrogens is 1. The fraction of sp³-hybridized carbons (Fsp3) is 0.200. The van der Waals surface area contributed by atoms with Crippen molar-refractivity contribution in [3.63, 3.8) is 0 Å². The average Bonchev–Trinajstić information content (AvgIpc) is 2.47. The Balaban J connectivity index is 2.20. The van der Waals surface area contributed by atoms with Gasteiger partial charge in [0.15, 0.2) is 0 Å². The number of hydrogen-bond donors (Lipinski definition) is 1. The van der Waals surface area contributed by atoms with Crippen LogP contribution in [0.1, 0.15) is 15.9 Å². The van der Waals surface area contributed by atoms with Gasteiger partial charge in [0.05, 0.1) is 11.3 Å². The molecule has 0 spiro atoms. The first-order valence-corrected chi connectivity index (χ1v) is 7.92. The van der Waals surface area contributed by atoms with E-state index in [1.807, 2.05) is 36.2 Å². The lowest BCUT2D eigenvalue weighted by molar-refractivity contribution is 0.100. The van der Waals surface area contributed by atoms with Gasteiger partial charge in [-0.05, 0) is 23.8 Å². The van der Waals surface area contributed by atoms with Crippen molar-refractivity contribution in [1.82, 2.24) is 4.98 Å². The molecule has 2 rings (SSSR count). The molecule has 0 aliphatic carbocycles. The third kappa shape index (κ3) is 3.66. The molecule has 1 atom stereocenters. The maximum Gasteiger partial charge on any atom is 0.252 e. The van der Waals surface area contributed by atoms with E-state index in [0.717, 1.165) is 16.1 Å². The Bertz CT molecular complexity index is 671. The van der Waals surface area contributed by atoms with Crippen LogP contribution in [-0.4, -0.2) is 28.4 Å². The second-order valence-electron chi connectivity index (χ2n) is 4.71. The molecule has 1 aromatic heterocycles. The van der Waals surface area contributed by atoms with E-state index in [1.165, 1.54) is 6.20 Å². The van der Waals surface area contributed by atoms with Crippen LogP contribution < -0.4 is 10.6 Å². The van der Waals surface area contributed by atoms with Crippen LogP contribution in [0.15, 0.2) is 47.6 Å². The van der Waals surface area contributed by atoms with E-state index < -0.39 is 16.7 Å². The maximum atomic E-state index is 11.4. The Morgan fingerprint density at radius 1 is 1.29 bits per heavy atom. The highest BCUT2D eigenvalue weighted by molar-refractivity contribution is 7.84. The summed E-state index contributed by atoms with van der Waals surface area (Å²) in [5.41, 5.74) is 7.55. The second kappa shape index (κ2) is 6.49. The Morgan fingerprint density at radius 3 is 2.52 bits per heavy atom. The Kier molecular flexibility index (Phi) is 4.70. The van der Waals surface area contributed by atoms with Crippen molar-refractivity contribution in [3.05, 3.63) is 53.9 Å². The van der Waals surface area contributed by atoms with Crippen molar-refractivity contribution >= 4 is 22.4 Å². The summed E-state index contributed by atoms with van der Waals surface area (Å²) in [5.74, 6) is -0.498. The zero-order valence-electron chi connectivity index (χ0n) is 11.9. The molecule has 1 amide bonds. The van der Waals surface area contributed by atoms with Crippen LogP contribution in [-0.2, 0) is 17.3 Å². The van der Waals surface area contributed by atoms with Gasteiger partial charge in [0.25, 0.3) is 5.91 Å². The van der Waals surface area contributed by atoms with Gasteiger partial charge in [-0.2, -0.15) is 0 Å². The number of amides is 1. The van der Waals surface area contributed by atoms with Crippen LogP contribution in [0.3, 0.4) is 0 Å². The van der Waals surface area contributed by atoms with Gasteiger partial charge in [-0.1, -0.05) is 12.1 Å². The lowest BCUT2D eigenvalue weighted by Crippen LogP contribution is -2.22. The van der Waals surface area contributed by atoms with E-state index in [0.29, 0.717) is 12.1 Å². The summed E-state index contributed by atoms with van der Waals surface area (Å²) in [6.45, 7) is 0.612. The van der Waals surface area contributed by atoms with Crippen molar-refractivity contribution in [2.24, 2.45) is 5.73 Å². The summed E-state index contributed by atoms with van der Waals surface area (Å²) in [6.07, 6.45) is 4.75. The van der Waals surface area contributed by atoms with Crippen molar-refractivity contribution in [2.75, 3.05) is 18.2 Å². The molecule has 2 N–H and O–H groups in total. The molecule has 1 heterocycles. The third-order valence-electron chi connectivity index (χ3n) is 3.15. The van der Waals surface area contributed by atoms with Crippen LogP contribution in [0.2, 0.25) is 0 Å². The first-order valence-electron chi connectivity index (χ1n) is 6.36. The Hall–Kier alpha value is -2.21. The number of primary amides is 1. The Morgan fingerprint density at radius 2 is 1.95 bits per heavy atom. The van der Waals surface area contributed by atoms with Crippen LogP contribution in [0.25, 0.3) is 0 Å². The van der Waals surface area contributed by atoms with Gasteiger partial charge in [0.1, 0.15) is 0 Å². The summed E-state index contributed by atoms with van der Waals surface area (Å²) in [7, 11) is 0.904. The van der Waals surface area contributed by atoms with Crippen molar-refractivity contribution in [3.8, 4) is 0 Å². The summed E-state index contributed by atoms with van der Waals surface area (Å²) >= 11 is 0. The summed E-state index contributed by atoms with van der Waals surface area (Å²) in [6, 6.07) is 9.31. The summed E-state index contributed by atoms with van der Waals surface area (Å²) < 4.78 is 11.4. The lowest BCUT2D eigenvalue weighted by Gasteiger charge is -2.21. The van der Waals surface area contributed by atoms with E-state index in [2.05, 4.69) is 4.98 Å². The first-order chi connectivity index (χ1) is 9.99. The molecular formula is C15H17N3O2S. The monoisotopic (exact) mass is 303 g/mol. The fourth-order valence-electron chi connectivity index (χ4n) is 2.06. The SMILES string of the molecule is CN(Cc1ccc(S(C)=O)cc1)c1ccncc1C(N)=O. The quantitative estimate of drug-likeness (QED) is 0.909. The number of rotatable bonds is 5. The van der Waals surface area contributed by atoms with Crippen molar-refractivity contribution in [2.45, 2.75) is 11.4 Å². The molecule has 6 heteroatoms. The number of carbonyl (C=O) groups is 1. The standard InChI is InChI=1S/C15H17N3O2S/c1-18(14-7-8-17-9-13(14)15(16)19)10-11-3-5-12(6-4-11)21(2)20/h3-9H,10H2,1-2H3,(H2,16,19). The van der Waals surface area contributed by atoms with E-state index in [1.54, 1.807) is 18.5 Å². The zero-order chi connectivity index (χ0) is 15.4. The molecule has 0 fully saturated rings. The molecule has 0 radical (unpaired) electrons. The molecule has 1 unspecified atom stereocenters. The summed E-state index contributed by atoms with van der Waals surface area (Å²) in [5, 5.41) is 0. The highest BCUT2D eigenvalue weighted by atomic mass is 32.2. The smallest absolute Gasteiger partial charge is 0.252 e. The number of benzene rings is 1. The minimum absolute atomic E-state index is 0.395. The number of hydrogen-bond acceptors (Lipinski definition) is 4. The van der Waals surface area contributed by atoms with Crippen LogP contribution in [0.5, 0.6) is 0 Å². The number of nitrogens with two attached hydrogens (primary N) is 1. The molecule has 0 aliphatic heterocycles. The predicted octanol–water partition coefficient (Wildman–Crippen LogP) is 1.55. The first kappa shape index (κ1) is 15.2. The minimum Gasteiger partial charge on any atom is -0.370 e. The van der Waals surface area contributed by atoms with E-state index in [-0.39, 0.29) is 0 Å². The fourth-order valence-corrected chi connectivity index (χ4v) is 2.57. The van der Waals surface area contributed by atoms with Crippen molar-refractivity contribution in [1.29, 1.82) is 0 Å². The zero-order valence-corrected chi connectivity index (χ0v) is 12.8. The number of carbonyl (C=O) groups excluding carboxylic acids is 1. The average molecular weight is 303 g/mol. The molecule has 110 valence electrons. The molecule has 5 nitrogen and oxygen atoms in total. The molecular weight excluding hydrogens is 286 g/mol. The van der Waals surface area contributed by atoms with Gasteiger partial charge < -0.3 is 10.6 Å². The second-order valence-corrected chi connectivity index (χ2v) is 6.09. The highest BCUT2D eigenvalue weighted by Gasteiger charge is 2.12. The van der Waals surface area contributed by atoms with Crippen LogP contribution in [0.4, 0.5) is 5.69 Å². The molecule has 0 saturated carbocycles. The normalized spacial score (nSPS) is 11.9. The molecule has 21 heavy (non-hydrogen) atoms. The van der Waals surface area contributed by atoms with Crippen LogP contribution in [0, 0.1) is 0 Å². The molecule has 0 aliphatic rings.